The highest BCUT2D eigenvalue weighted by atomic mass is 16.6. The van der Waals surface area contributed by atoms with Crippen LogP contribution in [-0.4, -0.2) is 34.5 Å². The van der Waals surface area contributed by atoms with Gasteiger partial charge < -0.3 is 4.74 Å². The van der Waals surface area contributed by atoms with Gasteiger partial charge >= 0.3 is 6.09 Å². The highest BCUT2D eigenvalue weighted by molar-refractivity contribution is 5.89. The lowest BCUT2D eigenvalue weighted by Gasteiger charge is -2.44. The van der Waals surface area contributed by atoms with Crippen molar-refractivity contribution in [3.63, 3.8) is 0 Å². The molecule has 2 unspecified atom stereocenters. The third-order valence-corrected chi connectivity index (χ3v) is 3.44. The number of piperidine rings is 2. The van der Waals surface area contributed by atoms with Crippen molar-refractivity contribution in [1.29, 1.82) is 0 Å². The first kappa shape index (κ1) is 12.4. The lowest BCUT2D eigenvalue weighted by molar-refractivity contribution is -0.131. The third kappa shape index (κ3) is 2.61. The molecule has 96 valence electrons. The molecule has 2 heterocycles. The Balaban J connectivity index is 2.13. The van der Waals surface area contributed by atoms with Crippen molar-refractivity contribution in [1.82, 2.24) is 4.90 Å². The van der Waals surface area contributed by atoms with Crippen LogP contribution in [0.3, 0.4) is 0 Å². The Morgan fingerprint density at radius 1 is 1.29 bits per heavy atom. The normalized spacial score (nSPS) is 29.1. The number of amides is 1. The summed E-state index contributed by atoms with van der Waals surface area (Å²) in [5.41, 5.74) is -0.494. The molecule has 0 radical (unpaired) electrons. The Bertz CT molecular complexity index is 332. The number of rotatable bonds is 0. The topological polar surface area (TPSA) is 46.6 Å². The van der Waals surface area contributed by atoms with Crippen LogP contribution >= 0.6 is 0 Å². The molecule has 0 N–H and O–H groups in total. The fourth-order valence-corrected chi connectivity index (χ4v) is 2.75. The van der Waals surface area contributed by atoms with Crippen molar-refractivity contribution >= 4 is 11.9 Å². The van der Waals surface area contributed by atoms with Crippen molar-refractivity contribution in [2.24, 2.45) is 0 Å². The van der Waals surface area contributed by atoms with Gasteiger partial charge in [-0.2, -0.15) is 0 Å². The fraction of sp³-hybridized carbons (Fsp3) is 0.846. The zero-order valence-corrected chi connectivity index (χ0v) is 10.9. The summed E-state index contributed by atoms with van der Waals surface area (Å²) < 4.78 is 5.40. The maximum atomic E-state index is 12.1. The molecule has 2 atom stereocenters. The summed E-state index contributed by atoms with van der Waals surface area (Å²) in [6.07, 6.45) is 3.95. The van der Waals surface area contributed by atoms with E-state index in [9.17, 15) is 9.59 Å². The second-order valence-electron chi connectivity index (χ2n) is 5.99. The highest BCUT2D eigenvalue weighted by Crippen LogP contribution is 2.33. The average molecular weight is 239 g/mol. The van der Waals surface area contributed by atoms with Gasteiger partial charge in [-0.15, -0.1) is 0 Å². The van der Waals surface area contributed by atoms with Crippen molar-refractivity contribution < 1.29 is 14.3 Å². The van der Waals surface area contributed by atoms with Crippen LogP contribution in [0.25, 0.3) is 0 Å². The number of hydrogen-bond acceptors (Lipinski definition) is 3. The molecular formula is C13H21NO3. The van der Waals surface area contributed by atoms with E-state index in [-0.39, 0.29) is 24.0 Å². The molecule has 17 heavy (non-hydrogen) atoms. The van der Waals surface area contributed by atoms with Crippen molar-refractivity contribution in [3.8, 4) is 0 Å². The Hall–Kier alpha value is -1.06. The number of carbonyl (C=O) groups excluding carboxylic acids is 2. The predicted molar refractivity (Wildman–Crippen MR) is 63.7 cm³/mol. The molecule has 1 amide bonds. The van der Waals surface area contributed by atoms with Gasteiger partial charge in [-0.05, 0) is 46.5 Å². The van der Waals surface area contributed by atoms with E-state index in [1.54, 1.807) is 4.90 Å². The summed E-state index contributed by atoms with van der Waals surface area (Å²) >= 11 is 0. The van der Waals surface area contributed by atoms with Crippen LogP contribution in [0.15, 0.2) is 0 Å². The maximum Gasteiger partial charge on any atom is 0.411 e. The minimum Gasteiger partial charge on any atom is -0.444 e. The average Bonchev–Trinajstić information content (AvgIpc) is 2.21. The number of ketones is 1. The number of Topliss-reactive ketones (excluding diaryl/α,β-unsaturated/α-hetero) is 1. The van der Waals surface area contributed by atoms with E-state index in [2.05, 4.69) is 0 Å². The van der Waals surface area contributed by atoms with Gasteiger partial charge in [0.25, 0.3) is 0 Å². The lowest BCUT2D eigenvalue weighted by atomic mass is 9.84. The molecule has 2 rings (SSSR count). The molecule has 0 aromatic heterocycles. The molecular weight excluding hydrogens is 218 g/mol. The van der Waals surface area contributed by atoms with E-state index in [1.165, 1.54) is 0 Å². The number of carbonyl (C=O) groups is 2. The smallest absolute Gasteiger partial charge is 0.411 e. The van der Waals surface area contributed by atoms with Crippen molar-refractivity contribution in [2.45, 2.75) is 70.6 Å². The minimum atomic E-state index is -0.494. The Kier molecular flexibility index (Phi) is 3.15. The highest BCUT2D eigenvalue weighted by Gasteiger charge is 2.43. The molecule has 4 nitrogen and oxygen atoms in total. The largest absolute Gasteiger partial charge is 0.444 e. The lowest BCUT2D eigenvalue weighted by Crippen LogP contribution is -2.57. The zero-order valence-electron chi connectivity index (χ0n) is 10.9. The van der Waals surface area contributed by atoms with E-state index < -0.39 is 5.60 Å². The first-order valence-electron chi connectivity index (χ1n) is 6.42. The van der Waals surface area contributed by atoms with Gasteiger partial charge in [0.1, 0.15) is 5.60 Å². The van der Waals surface area contributed by atoms with Crippen LogP contribution in [0.2, 0.25) is 0 Å². The molecule has 2 fully saturated rings. The van der Waals surface area contributed by atoms with E-state index in [1.807, 2.05) is 20.8 Å². The van der Waals surface area contributed by atoms with Gasteiger partial charge in [-0.25, -0.2) is 4.79 Å². The summed E-state index contributed by atoms with van der Waals surface area (Å²) in [6.45, 7) is 5.56. The molecule has 0 aromatic rings. The Morgan fingerprint density at radius 3 is 2.65 bits per heavy atom. The molecule has 2 aliphatic rings. The van der Waals surface area contributed by atoms with E-state index in [4.69, 9.17) is 4.74 Å². The first-order valence-corrected chi connectivity index (χ1v) is 6.42. The molecule has 2 saturated heterocycles. The summed E-state index contributed by atoms with van der Waals surface area (Å²) in [4.78, 5) is 25.7. The molecule has 0 spiro atoms. The molecule has 2 aliphatic heterocycles. The molecule has 4 heteroatoms. The molecule has 2 bridgehead atoms. The SMILES string of the molecule is CC(C)(C)OC(=O)N1C2CCCC1C(=O)CC2. The van der Waals surface area contributed by atoms with Gasteiger partial charge in [0.2, 0.25) is 0 Å². The number of fused-ring (bicyclic) bond motifs is 2. The van der Waals surface area contributed by atoms with Gasteiger partial charge in [0, 0.05) is 12.5 Å². The monoisotopic (exact) mass is 239 g/mol. The third-order valence-electron chi connectivity index (χ3n) is 3.44. The zero-order chi connectivity index (χ0) is 12.6. The summed E-state index contributed by atoms with van der Waals surface area (Å²) in [5, 5.41) is 0. The van der Waals surface area contributed by atoms with Crippen molar-refractivity contribution in [2.75, 3.05) is 0 Å². The predicted octanol–water partition coefficient (Wildman–Crippen LogP) is 2.51. The van der Waals surface area contributed by atoms with E-state index in [0.717, 1.165) is 25.7 Å². The van der Waals surface area contributed by atoms with Crippen LogP contribution in [-0.2, 0) is 9.53 Å². The molecule has 0 saturated carbocycles. The number of hydrogen-bond donors (Lipinski definition) is 0. The number of ether oxygens (including phenoxy) is 1. The van der Waals surface area contributed by atoms with Crippen LogP contribution < -0.4 is 0 Å². The Labute approximate surface area is 102 Å². The quantitative estimate of drug-likeness (QED) is 0.652. The van der Waals surface area contributed by atoms with Gasteiger partial charge in [0.15, 0.2) is 5.78 Å². The minimum absolute atomic E-state index is 0.201. The second-order valence-corrected chi connectivity index (χ2v) is 5.99. The first-order chi connectivity index (χ1) is 7.88. The Morgan fingerprint density at radius 2 is 2.00 bits per heavy atom. The number of nitrogens with zero attached hydrogens (tertiary/aromatic N) is 1. The van der Waals surface area contributed by atoms with Crippen molar-refractivity contribution in [3.05, 3.63) is 0 Å². The summed E-state index contributed by atoms with van der Waals surface area (Å²) in [6, 6.07) is -0.0151. The maximum absolute atomic E-state index is 12.1. The fourth-order valence-electron chi connectivity index (χ4n) is 2.75. The molecule has 0 aromatic carbocycles. The summed E-state index contributed by atoms with van der Waals surface area (Å²) in [7, 11) is 0. The van der Waals surface area contributed by atoms with Crippen LogP contribution in [0, 0.1) is 0 Å². The van der Waals surface area contributed by atoms with Gasteiger partial charge in [-0.1, -0.05) is 0 Å². The van der Waals surface area contributed by atoms with E-state index >= 15 is 0 Å². The van der Waals surface area contributed by atoms with Gasteiger partial charge in [-0.3, -0.25) is 9.69 Å². The standard InChI is InChI=1S/C13H21NO3/c1-13(2,3)17-12(16)14-9-5-4-6-10(14)11(15)8-7-9/h9-10H,4-8H2,1-3H3. The van der Waals surface area contributed by atoms with Gasteiger partial charge in [0.05, 0.1) is 6.04 Å². The van der Waals surface area contributed by atoms with Crippen LogP contribution in [0.1, 0.15) is 52.9 Å². The summed E-state index contributed by atoms with van der Waals surface area (Å²) in [5.74, 6) is 0.201. The van der Waals surface area contributed by atoms with E-state index in [0.29, 0.717) is 6.42 Å². The van der Waals surface area contributed by atoms with Crippen LogP contribution in [0.4, 0.5) is 4.79 Å². The second kappa shape index (κ2) is 4.31. The molecule has 0 aliphatic carbocycles. The van der Waals surface area contributed by atoms with Crippen LogP contribution in [0.5, 0.6) is 0 Å².